The summed E-state index contributed by atoms with van der Waals surface area (Å²) < 4.78 is 15.8. The van der Waals surface area contributed by atoms with Gasteiger partial charge >= 0.3 is 0 Å². The highest BCUT2D eigenvalue weighted by Gasteiger charge is 2.17. The SMILES string of the molecule is COc1ccc(C(=O)N(C)CC(=O)Nc2ccc(N3CCOCC3)cc2)cc1OC. The number of nitrogens with one attached hydrogen (secondary N) is 1. The monoisotopic (exact) mass is 413 g/mol. The molecule has 2 amide bonds. The van der Waals surface area contributed by atoms with Crippen molar-refractivity contribution < 1.29 is 23.8 Å². The Balaban J connectivity index is 1.56. The van der Waals surface area contributed by atoms with Crippen LogP contribution in [0.5, 0.6) is 11.5 Å². The number of hydrogen-bond acceptors (Lipinski definition) is 6. The molecule has 2 aromatic carbocycles. The fraction of sp³-hybridized carbons (Fsp3) is 0.364. The van der Waals surface area contributed by atoms with Gasteiger partial charge in [0, 0.05) is 37.1 Å². The highest BCUT2D eigenvalue weighted by Crippen LogP contribution is 2.28. The summed E-state index contributed by atoms with van der Waals surface area (Å²) in [4.78, 5) is 28.6. The zero-order chi connectivity index (χ0) is 21.5. The zero-order valence-electron chi connectivity index (χ0n) is 17.5. The van der Waals surface area contributed by atoms with E-state index in [1.807, 2.05) is 24.3 Å². The molecule has 2 aromatic rings. The van der Waals surface area contributed by atoms with Gasteiger partial charge in [-0.3, -0.25) is 9.59 Å². The molecule has 1 saturated heterocycles. The summed E-state index contributed by atoms with van der Waals surface area (Å²) in [5.74, 6) is 0.441. The van der Waals surface area contributed by atoms with Crippen LogP contribution in [0, 0.1) is 0 Å². The lowest BCUT2D eigenvalue weighted by atomic mass is 10.1. The number of ether oxygens (including phenoxy) is 3. The summed E-state index contributed by atoms with van der Waals surface area (Å²) in [6.45, 7) is 3.08. The highest BCUT2D eigenvalue weighted by molar-refractivity contribution is 5.99. The number of morpholine rings is 1. The van der Waals surface area contributed by atoms with Gasteiger partial charge in [0.1, 0.15) is 0 Å². The van der Waals surface area contributed by atoms with Crippen LogP contribution in [-0.2, 0) is 9.53 Å². The van der Waals surface area contributed by atoms with Crippen molar-refractivity contribution in [1.29, 1.82) is 0 Å². The predicted molar refractivity (Wildman–Crippen MR) is 115 cm³/mol. The lowest BCUT2D eigenvalue weighted by molar-refractivity contribution is -0.116. The average molecular weight is 413 g/mol. The van der Waals surface area contributed by atoms with Crippen LogP contribution in [0.1, 0.15) is 10.4 Å². The molecule has 1 fully saturated rings. The van der Waals surface area contributed by atoms with E-state index in [-0.39, 0.29) is 18.4 Å². The Labute approximate surface area is 176 Å². The van der Waals surface area contributed by atoms with Crippen molar-refractivity contribution in [3.05, 3.63) is 48.0 Å². The minimum Gasteiger partial charge on any atom is -0.493 e. The summed E-state index contributed by atoms with van der Waals surface area (Å²) in [5, 5.41) is 2.83. The van der Waals surface area contributed by atoms with Crippen LogP contribution in [0.3, 0.4) is 0 Å². The Hall–Kier alpha value is -3.26. The first-order valence-corrected chi connectivity index (χ1v) is 9.72. The second-order valence-corrected chi connectivity index (χ2v) is 6.93. The van der Waals surface area contributed by atoms with E-state index in [0.29, 0.717) is 22.7 Å². The van der Waals surface area contributed by atoms with Crippen molar-refractivity contribution in [3.8, 4) is 11.5 Å². The van der Waals surface area contributed by atoms with Crippen LogP contribution in [0.15, 0.2) is 42.5 Å². The van der Waals surface area contributed by atoms with Crippen molar-refractivity contribution in [2.75, 3.05) is 64.3 Å². The summed E-state index contributed by atoms with van der Waals surface area (Å²) in [6.07, 6.45) is 0. The first kappa shape index (κ1) is 21.4. The molecule has 0 aliphatic carbocycles. The summed E-state index contributed by atoms with van der Waals surface area (Å²) in [6, 6.07) is 12.6. The van der Waals surface area contributed by atoms with Crippen molar-refractivity contribution >= 4 is 23.2 Å². The third-order valence-electron chi connectivity index (χ3n) is 4.89. The number of anilines is 2. The molecule has 0 saturated carbocycles. The first-order chi connectivity index (χ1) is 14.5. The molecule has 30 heavy (non-hydrogen) atoms. The summed E-state index contributed by atoms with van der Waals surface area (Å²) in [5.41, 5.74) is 2.19. The molecule has 0 atom stereocenters. The van der Waals surface area contributed by atoms with E-state index in [9.17, 15) is 9.59 Å². The Morgan fingerprint density at radius 3 is 2.33 bits per heavy atom. The van der Waals surface area contributed by atoms with Crippen LogP contribution >= 0.6 is 0 Å². The maximum absolute atomic E-state index is 12.7. The predicted octanol–water partition coefficient (Wildman–Crippen LogP) is 2.25. The first-order valence-electron chi connectivity index (χ1n) is 9.72. The van der Waals surface area contributed by atoms with E-state index in [1.165, 1.54) is 19.1 Å². The number of carbonyl (C=O) groups excluding carboxylic acids is 2. The van der Waals surface area contributed by atoms with Gasteiger partial charge in [0.25, 0.3) is 5.91 Å². The van der Waals surface area contributed by atoms with E-state index in [4.69, 9.17) is 14.2 Å². The number of hydrogen-bond donors (Lipinski definition) is 1. The standard InChI is InChI=1S/C22H27N3O5/c1-24(22(27)16-4-9-19(28-2)20(14-16)29-3)15-21(26)23-17-5-7-18(8-6-17)25-10-12-30-13-11-25/h4-9,14H,10-13,15H2,1-3H3,(H,23,26). The van der Waals surface area contributed by atoms with Gasteiger partial charge in [-0.2, -0.15) is 0 Å². The summed E-state index contributed by atoms with van der Waals surface area (Å²) >= 11 is 0. The van der Waals surface area contributed by atoms with Crippen molar-refractivity contribution in [2.45, 2.75) is 0 Å². The molecular formula is C22H27N3O5. The largest absolute Gasteiger partial charge is 0.493 e. The third-order valence-corrected chi connectivity index (χ3v) is 4.89. The Bertz CT molecular complexity index is 879. The van der Waals surface area contributed by atoms with Gasteiger partial charge < -0.3 is 29.3 Å². The van der Waals surface area contributed by atoms with Crippen molar-refractivity contribution in [3.63, 3.8) is 0 Å². The number of nitrogens with zero attached hydrogens (tertiary/aromatic N) is 2. The van der Waals surface area contributed by atoms with Gasteiger partial charge in [-0.05, 0) is 42.5 Å². The Kier molecular flexibility index (Phi) is 7.13. The lowest BCUT2D eigenvalue weighted by Crippen LogP contribution is -2.36. The Morgan fingerprint density at radius 1 is 1.03 bits per heavy atom. The van der Waals surface area contributed by atoms with Gasteiger partial charge in [-0.15, -0.1) is 0 Å². The Morgan fingerprint density at radius 2 is 1.70 bits per heavy atom. The molecule has 0 bridgehead atoms. The van der Waals surface area contributed by atoms with E-state index in [1.54, 1.807) is 25.2 Å². The number of benzene rings is 2. The van der Waals surface area contributed by atoms with Crippen LogP contribution in [-0.4, -0.2) is 70.8 Å². The van der Waals surface area contributed by atoms with Gasteiger partial charge in [0.15, 0.2) is 11.5 Å². The van der Waals surface area contributed by atoms with Crippen LogP contribution < -0.4 is 19.7 Å². The minimum absolute atomic E-state index is 0.0710. The maximum Gasteiger partial charge on any atom is 0.254 e. The number of amides is 2. The van der Waals surface area contributed by atoms with Gasteiger partial charge in [0.2, 0.25) is 5.91 Å². The van der Waals surface area contributed by atoms with Crippen molar-refractivity contribution in [2.24, 2.45) is 0 Å². The number of rotatable bonds is 7. The van der Waals surface area contributed by atoms with Gasteiger partial charge in [-0.1, -0.05) is 0 Å². The van der Waals surface area contributed by atoms with Gasteiger partial charge in [-0.25, -0.2) is 0 Å². The highest BCUT2D eigenvalue weighted by atomic mass is 16.5. The average Bonchev–Trinajstić information content (AvgIpc) is 2.79. The van der Waals surface area contributed by atoms with E-state index >= 15 is 0 Å². The minimum atomic E-state index is -0.284. The maximum atomic E-state index is 12.7. The molecule has 1 heterocycles. The molecule has 1 N–H and O–H groups in total. The molecule has 0 unspecified atom stereocenters. The number of likely N-dealkylation sites (N-methyl/N-ethyl adjacent to an activating group) is 1. The third kappa shape index (κ3) is 5.21. The second kappa shape index (κ2) is 9.98. The number of carbonyl (C=O) groups is 2. The molecule has 1 aliphatic rings. The fourth-order valence-electron chi connectivity index (χ4n) is 3.25. The molecule has 1 aliphatic heterocycles. The quantitative estimate of drug-likeness (QED) is 0.750. The van der Waals surface area contributed by atoms with Crippen LogP contribution in [0.25, 0.3) is 0 Å². The normalized spacial score (nSPS) is 13.5. The smallest absolute Gasteiger partial charge is 0.254 e. The second-order valence-electron chi connectivity index (χ2n) is 6.93. The zero-order valence-corrected chi connectivity index (χ0v) is 17.5. The molecule has 3 rings (SSSR count). The molecule has 0 aromatic heterocycles. The molecule has 8 heteroatoms. The molecule has 0 radical (unpaired) electrons. The molecule has 160 valence electrons. The van der Waals surface area contributed by atoms with Gasteiger partial charge in [0.05, 0.1) is 34.0 Å². The van der Waals surface area contributed by atoms with Crippen LogP contribution in [0.2, 0.25) is 0 Å². The van der Waals surface area contributed by atoms with E-state index < -0.39 is 0 Å². The topological polar surface area (TPSA) is 80.3 Å². The van der Waals surface area contributed by atoms with E-state index in [2.05, 4.69) is 10.2 Å². The molecule has 0 spiro atoms. The molecule has 8 nitrogen and oxygen atoms in total. The lowest BCUT2D eigenvalue weighted by Gasteiger charge is -2.28. The fourth-order valence-corrected chi connectivity index (χ4v) is 3.25. The number of methoxy groups -OCH3 is 2. The summed E-state index contributed by atoms with van der Waals surface area (Å²) in [7, 11) is 4.62. The van der Waals surface area contributed by atoms with Crippen LogP contribution in [0.4, 0.5) is 11.4 Å². The molecular weight excluding hydrogens is 386 g/mol. The van der Waals surface area contributed by atoms with Crippen molar-refractivity contribution in [1.82, 2.24) is 4.90 Å². The van der Waals surface area contributed by atoms with E-state index in [0.717, 1.165) is 32.0 Å².